The fourth-order valence-electron chi connectivity index (χ4n) is 3.20. The summed E-state index contributed by atoms with van der Waals surface area (Å²) in [6.07, 6.45) is 4.02. The Bertz CT molecular complexity index is 919. The van der Waals surface area contributed by atoms with Crippen molar-refractivity contribution >= 4 is 35.7 Å². The first kappa shape index (κ1) is 18.3. The van der Waals surface area contributed by atoms with Crippen molar-refractivity contribution in [3.8, 4) is 0 Å². The van der Waals surface area contributed by atoms with E-state index in [1.807, 2.05) is 46.4 Å². The van der Waals surface area contributed by atoms with E-state index in [1.165, 1.54) is 4.88 Å². The molecule has 27 heavy (non-hydrogen) atoms. The molecule has 1 aromatic carbocycles. The third-order valence-corrected chi connectivity index (χ3v) is 5.87. The van der Waals surface area contributed by atoms with Crippen LogP contribution in [-0.4, -0.2) is 50.7 Å². The number of hydrogen-bond donors (Lipinski definition) is 1. The number of nitrogens with one attached hydrogen (secondary N) is 1. The second-order valence-corrected chi connectivity index (χ2v) is 8.08. The zero-order valence-corrected chi connectivity index (χ0v) is 16.8. The molecule has 1 aliphatic heterocycles. The highest BCUT2D eigenvalue weighted by Gasteiger charge is 2.18. The zero-order chi connectivity index (χ0) is 18.5. The molecule has 0 saturated carbocycles. The summed E-state index contributed by atoms with van der Waals surface area (Å²) in [5.74, 6) is 0.792. The van der Waals surface area contributed by atoms with Crippen molar-refractivity contribution in [2.75, 3.05) is 26.2 Å². The van der Waals surface area contributed by atoms with E-state index in [-0.39, 0.29) is 0 Å². The van der Waals surface area contributed by atoms with Crippen molar-refractivity contribution in [3.05, 3.63) is 68.9 Å². The van der Waals surface area contributed by atoms with Gasteiger partial charge in [-0.05, 0) is 35.3 Å². The number of aromatic nitrogens is 3. The van der Waals surface area contributed by atoms with Crippen LogP contribution in [0.5, 0.6) is 0 Å². The summed E-state index contributed by atoms with van der Waals surface area (Å²) in [5, 5.41) is 5.46. The first-order valence-corrected chi connectivity index (χ1v) is 10.4. The van der Waals surface area contributed by atoms with Gasteiger partial charge in [0, 0.05) is 37.6 Å². The molecule has 1 saturated heterocycles. The van der Waals surface area contributed by atoms with E-state index in [0.29, 0.717) is 4.77 Å². The fraction of sp³-hybridized carbons (Fsp3) is 0.300. The van der Waals surface area contributed by atoms with Gasteiger partial charge in [-0.3, -0.25) is 14.9 Å². The molecule has 1 N–H and O–H groups in total. The van der Waals surface area contributed by atoms with E-state index in [9.17, 15) is 0 Å². The van der Waals surface area contributed by atoms with Gasteiger partial charge in [0.15, 0.2) is 0 Å². The predicted octanol–water partition coefficient (Wildman–Crippen LogP) is 3.95. The highest BCUT2D eigenvalue weighted by Crippen LogP contribution is 2.14. The summed E-state index contributed by atoms with van der Waals surface area (Å²) in [6.45, 7) is 6.07. The van der Waals surface area contributed by atoms with Gasteiger partial charge >= 0.3 is 0 Å². The molecular formula is C20H23N5S2. The molecule has 3 aromatic rings. The number of thiophene rings is 1. The largest absolute Gasteiger partial charge is 0.296 e. The average molecular weight is 398 g/mol. The van der Waals surface area contributed by atoms with Crippen LogP contribution in [0.1, 0.15) is 16.3 Å². The first-order chi connectivity index (χ1) is 13.3. The molecule has 0 unspecified atom stereocenters. The normalized spacial score (nSPS) is 16.3. The number of H-pyrrole nitrogens is 1. The van der Waals surface area contributed by atoms with Crippen LogP contribution in [0.25, 0.3) is 12.2 Å². The van der Waals surface area contributed by atoms with Gasteiger partial charge in [-0.15, -0.1) is 11.3 Å². The second kappa shape index (κ2) is 8.75. The molecule has 7 heteroatoms. The molecule has 3 heterocycles. The molecule has 0 spiro atoms. The third kappa shape index (κ3) is 5.01. The molecule has 0 amide bonds. The Kier molecular flexibility index (Phi) is 5.94. The van der Waals surface area contributed by atoms with Crippen LogP contribution in [0.3, 0.4) is 0 Å². The molecule has 0 radical (unpaired) electrons. The molecular weight excluding hydrogens is 374 g/mol. The lowest BCUT2D eigenvalue weighted by atomic mass is 10.2. The van der Waals surface area contributed by atoms with Gasteiger partial charge in [0.25, 0.3) is 0 Å². The number of aromatic amines is 1. The van der Waals surface area contributed by atoms with E-state index in [0.717, 1.165) is 50.8 Å². The Morgan fingerprint density at radius 3 is 2.52 bits per heavy atom. The number of benzene rings is 1. The van der Waals surface area contributed by atoms with Crippen LogP contribution in [0.4, 0.5) is 0 Å². The lowest BCUT2D eigenvalue weighted by Crippen LogP contribution is -2.46. The maximum Gasteiger partial charge on any atom is 0.217 e. The Balaban J connectivity index is 1.32. The Morgan fingerprint density at radius 1 is 1.00 bits per heavy atom. The smallest absolute Gasteiger partial charge is 0.217 e. The Morgan fingerprint density at radius 2 is 1.78 bits per heavy atom. The minimum Gasteiger partial charge on any atom is -0.296 e. The molecule has 0 aliphatic carbocycles. The average Bonchev–Trinajstić information content (AvgIpc) is 3.32. The van der Waals surface area contributed by atoms with Crippen molar-refractivity contribution in [3.63, 3.8) is 0 Å². The van der Waals surface area contributed by atoms with Gasteiger partial charge in [-0.1, -0.05) is 42.5 Å². The number of rotatable bonds is 6. The minimum absolute atomic E-state index is 0.601. The molecule has 140 valence electrons. The SMILES string of the molecule is S=c1nc(C=Cc2ccccc2)[nH]n1CN1CCN(Cc2cccs2)CC1. The lowest BCUT2D eigenvalue weighted by molar-refractivity contribution is 0.0988. The molecule has 1 aliphatic rings. The van der Waals surface area contributed by atoms with Gasteiger partial charge in [-0.2, -0.15) is 4.98 Å². The van der Waals surface area contributed by atoms with Crippen molar-refractivity contribution in [2.45, 2.75) is 13.2 Å². The molecule has 2 aromatic heterocycles. The summed E-state index contributed by atoms with van der Waals surface area (Å²) >= 11 is 7.26. The van der Waals surface area contributed by atoms with Gasteiger partial charge in [0.2, 0.25) is 4.77 Å². The summed E-state index contributed by atoms with van der Waals surface area (Å²) < 4.78 is 2.55. The van der Waals surface area contributed by atoms with Crippen molar-refractivity contribution in [1.82, 2.24) is 24.6 Å². The standard InChI is InChI=1S/C20H23N5S2/c26-20-21-19(9-8-17-5-2-1-3-6-17)22-25(20)16-24-12-10-23(11-13-24)15-18-7-4-14-27-18/h1-9,14H,10-13,15-16H2,(H,21,22,26). The van der Waals surface area contributed by atoms with Crippen LogP contribution in [0.2, 0.25) is 0 Å². The van der Waals surface area contributed by atoms with Gasteiger partial charge in [-0.25, -0.2) is 4.68 Å². The van der Waals surface area contributed by atoms with Gasteiger partial charge in [0.05, 0.1) is 6.67 Å². The summed E-state index contributed by atoms with van der Waals surface area (Å²) in [4.78, 5) is 10.8. The monoisotopic (exact) mass is 397 g/mol. The molecule has 5 nitrogen and oxygen atoms in total. The number of hydrogen-bond acceptors (Lipinski definition) is 5. The van der Waals surface area contributed by atoms with Crippen LogP contribution < -0.4 is 0 Å². The Labute approximate surface area is 168 Å². The topological polar surface area (TPSA) is 40.1 Å². The second-order valence-electron chi connectivity index (χ2n) is 6.68. The molecule has 4 rings (SSSR count). The first-order valence-electron chi connectivity index (χ1n) is 9.13. The van der Waals surface area contributed by atoms with Crippen LogP contribution in [0, 0.1) is 4.77 Å². The third-order valence-electron chi connectivity index (χ3n) is 4.70. The maximum absolute atomic E-state index is 5.42. The van der Waals surface area contributed by atoms with Gasteiger partial charge < -0.3 is 0 Å². The van der Waals surface area contributed by atoms with Gasteiger partial charge in [0.1, 0.15) is 5.82 Å². The highest BCUT2D eigenvalue weighted by atomic mass is 32.1. The summed E-state index contributed by atoms with van der Waals surface area (Å²) in [5.41, 5.74) is 1.15. The highest BCUT2D eigenvalue weighted by molar-refractivity contribution is 7.71. The van der Waals surface area contributed by atoms with E-state index in [4.69, 9.17) is 12.2 Å². The summed E-state index contributed by atoms with van der Waals surface area (Å²) in [7, 11) is 0. The zero-order valence-electron chi connectivity index (χ0n) is 15.1. The quantitative estimate of drug-likeness (QED) is 0.640. The Hall–Kier alpha value is -2.06. The fourth-order valence-corrected chi connectivity index (χ4v) is 4.14. The lowest BCUT2D eigenvalue weighted by Gasteiger charge is -2.34. The van der Waals surface area contributed by atoms with Crippen molar-refractivity contribution < 1.29 is 0 Å². The minimum atomic E-state index is 0.601. The molecule has 0 bridgehead atoms. The van der Waals surface area contributed by atoms with E-state index < -0.39 is 0 Å². The predicted molar refractivity (Wildman–Crippen MR) is 114 cm³/mol. The van der Waals surface area contributed by atoms with Crippen LogP contribution in [-0.2, 0) is 13.2 Å². The summed E-state index contributed by atoms with van der Waals surface area (Å²) in [6, 6.07) is 14.5. The van der Waals surface area contributed by atoms with E-state index in [2.05, 4.69) is 49.5 Å². The molecule has 1 fully saturated rings. The van der Waals surface area contributed by atoms with Crippen LogP contribution in [0.15, 0.2) is 47.8 Å². The number of piperazine rings is 1. The van der Waals surface area contributed by atoms with Crippen LogP contribution >= 0.6 is 23.6 Å². The van der Waals surface area contributed by atoms with Crippen molar-refractivity contribution in [2.24, 2.45) is 0 Å². The maximum atomic E-state index is 5.42. The number of nitrogens with zero attached hydrogens (tertiary/aromatic N) is 4. The van der Waals surface area contributed by atoms with E-state index >= 15 is 0 Å². The van der Waals surface area contributed by atoms with Crippen molar-refractivity contribution in [1.29, 1.82) is 0 Å². The van der Waals surface area contributed by atoms with E-state index in [1.54, 1.807) is 0 Å². The molecule has 0 atom stereocenters.